The summed E-state index contributed by atoms with van der Waals surface area (Å²) in [6.45, 7) is 5.12. The van der Waals surface area contributed by atoms with E-state index in [1.807, 2.05) is 37.1 Å². The molecular weight excluding hydrogens is 402 g/mol. The van der Waals surface area contributed by atoms with Gasteiger partial charge < -0.3 is 14.4 Å². The third-order valence-corrected chi connectivity index (χ3v) is 6.15. The van der Waals surface area contributed by atoms with Crippen LogP contribution in [-0.2, 0) is 24.2 Å². The van der Waals surface area contributed by atoms with E-state index >= 15 is 0 Å². The Morgan fingerprint density at radius 3 is 2.50 bits per heavy atom. The molecule has 8 nitrogen and oxygen atoms in total. The van der Waals surface area contributed by atoms with Crippen molar-refractivity contribution < 1.29 is 14.3 Å². The zero-order chi connectivity index (χ0) is 21.4. The van der Waals surface area contributed by atoms with Gasteiger partial charge in [0.2, 0.25) is 11.1 Å². The van der Waals surface area contributed by atoms with E-state index in [4.69, 9.17) is 9.47 Å². The number of aryl methyl sites for hydroxylation is 2. The quantitative estimate of drug-likeness (QED) is 0.579. The van der Waals surface area contributed by atoms with Crippen LogP contribution in [0.2, 0.25) is 0 Å². The first-order valence-electron chi connectivity index (χ1n) is 9.73. The molecular formula is C21H25N5O3S. The minimum absolute atomic E-state index is 0.0768. The number of ether oxygens (including phenoxy) is 2. The highest BCUT2D eigenvalue weighted by Crippen LogP contribution is 2.33. The summed E-state index contributed by atoms with van der Waals surface area (Å²) in [5, 5.41) is 5.14. The molecule has 0 atom stereocenters. The van der Waals surface area contributed by atoms with Crippen molar-refractivity contribution >= 4 is 23.4 Å². The van der Waals surface area contributed by atoms with E-state index in [2.05, 4.69) is 15.1 Å². The van der Waals surface area contributed by atoms with Gasteiger partial charge in [-0.05, 0) is 49.8 Å². The molecule has 1 aromatic carbocycles. The predicted molar refractivity (Wildman–Crippen MR) is 114 cm³/mol. The largest absolute Gasteiger partial charge is 0.493 e. The van der Waals surface area contributed by atoms with Crippen molar-refractivity contribution in [2.75, 3.05) is 27.0 Å². The van der Waals surface area contributed by atoms with Crippen molar-refractivity contribution in [3.63, 3.8) is 0 Å². The molecule has 0 unspecified atom stereocenters. The first-order chi connectivity index (χ1) is 14.4. The van der Waals surface area contributed by atoms with Crippen molar-refractivity contribution in [3.8, 4) is 11.5 Å². The summed E-state index contributed by atoms with van der Waals surface area (Å²) in [5.74, 6) is 2.05. The average Bonchev–Trinajstić information content (AvgIpc) is 3.18. The Bertz CT molecular complexity index is 1130. The van der Waals surface area contributed by atoms with Gasteiger partial charge in [-0.25, -0.2) is 9.50 Å². The Hall–Kier alpha value is -2.81. The first-order valence-corrected chi connectivity index (χ1v) is 11.0. The fourth-order valence-corrected chi connectivity index (χ4v) is 4.23. The molecule has 0 N–H and O–H groups in total. The first kappa shape index (κ1) is 20.5. The molecule has 0 radical (unpaired) electrons. The zero-order valence-corrected chi connectivity index (χ0v) is 18.7. The van der Waals surface area contributed by atoms with E-state index < -0.39 is 0 Å². The van der Waals surface area contributed by atoms with E-state index in [-0.39, 0.29) is 12.3 Å². The van der Waals surface area contributed by atoms with Crippen molar-refractivity contribution in [2.24, 2.45) is 0 Å². The Labute approximate surface area is 179 Å². The van der Waals surface area contributed by atoms with Crippen LogP contribution < -0.4 is 9.47 Å². The van der Waals surface area contributed by atoms with E-state index in [1.54, 1.807) is 18.7 Å². The minimum atomic E-state index is 0.0768. The molecule has 1 aliphatic heterocycles. The normalized spacial score (nSPS) is 13.4. The number of benzene rings is 1. The van der Waals surface area contributed by atoms with Crippen molar-refractivity contribution in [3.05, 3.63) is 40.2 Å². The van der Waals surface area contributed by atoms with Gasteiger partial charge in [-0.3, -0.25) is 4.79 Å². The maximum atomic E-state index is 13.1. The molecule has 3 aromatic rings. The van der Waals surface area contributed by atoms with E-state index in [0.717, 1.165) is 34.7 Å². The molecule has 0 aliphatic carbocycles. The third kappa shape index (κ3) is 3.58. The number of amides is 1. The molecule has 9 heteroatoms. The summed E-state index contributed by atoms with van der Waals surface area (Å²) in [6, 6.07) is 3.98. The lowest BCUT2D eigenvalue weighted by molar-refractivity contribution is -0.131. The number of nitrogens with zero attached hydrogens (tertiary/aromatic N) is 5. The van der Waals surface area contributed by atoms with Crippen LogP contribution in [0.25, 0.3) is 5.78 Å². The number of rotatable bonds is 5. The summed E-state index contributed by atoms with van der Waals surface area (Å²) < 4.78 is 12.5. The van der Waals surface area contributed by atoms with Crippen LogP contribution in [0.3, 0.4) is 0 Å². The number of thioether (sulfide) groups is 1. The smallest absolute Gasteiger partial charge is 0.253 e. The lowest BCUT2D eigenvalue weighted by atomic mass is 9.98. The van der Waals surface area contributed by atoms with Gasteiger partial charge >= 0.3 is 0 Å². The number of hydrogen-bond acceptors (Lipinski definition) is 7. The lowest BCUT2D eigenvalue weighted by Crippen LogP contribution is -2.37. The SMILES string of the molecule is COc1cc2c(cc1OC)CN(C(=O)Cc1c(C)nc3nc(SC)nn3c1C)CC2. The number of carbonyl (C=O) groups excluding carboxylic acids is 1. The monoisotopic (exact) mass is 427 g/mol. The van der Waals surface area contributed by atoms with Crippen LogP contribution in [0.15, 0.2) is 17.3 Å². The fraction of sp³-hybridized carbons (Fsp3) is 0.429. The van der Waals surface area contributed by atoms with Crippen molar-refractivity contribution in [2.45, 2.75) is 38.4 Å². The molecule has 0 saturated heterocycles. The second-order valence-electron chi connectivity index (χ2n) is 7.29. The topological polar surface area (TPSA) is 81.9 Å². The molecule has 4 rings (SSSR count). The van der Waals surface area contributed by atoms with Gasteiger partial charge in [-0.2, -0.15) is 4.98 Å². The maximum Gasteiger partial charge on any atom is 0.253 e. The number of methoxy groups -OCH3 is 2. The van der Waals surface area contributed by atoms with Crippen molar-refractivity contribution in [1.29, 1.82) is 0 Å². The van der Waals surface area contributed by atoms with Gasteiger partial charge in [-0.1, -0.05) is 11.8 Å². The maximum absolute atomic E-state index is 13.1. The zero-order valence-electron chi connectivity index (χ0n) is 17.9. The molecule has 0 bridgehead atoms. The number of hydrogen-bond donors (Lipinski definition) is 0. The van der Waals surface area contributed by atoms with E-state index in [0.29, 0.717) is 29.8 Å². The van der Waals surface area contributed by atoms with Crippen LogP contribution >= 0.6 is 11.8 Å². The van der Waals surface area contributed by atoms with Crippen LogP contribution in [-0.4, -0.2) is 57.4 Å². The molecule has 0 saturated carbocycles. The van der Waals surface area contributed by atoms with Gasteiger partial charge in [0, 0.05) is 30.0 Å². The number of aromatic nitrogens is 4. The molecule has 30 heavy (non-hydrogen) atoms. The lowest BCUT2D eigenvalue weighted by Gasteiger charge is -2.30. The molecule has 0 fully saturated rings. The van der Waals surface area contributed by atoms with Gasteiger partial charge in [0.1, 0.15) is 0 Å². The highest BCUT2D eigenvalue weighted by molar-refractivity contribution is 7.98. The predicted octanol–water partition coefficient (Wildman–Crippen LogP) is 2.61. The van der Waals surface area contributed by atoms with Crippen LogP contribution in [0.5, 0.6) is 11.5 Å². The van der Waals surface area contributed by atoms with E-state index in [9.17, 15) is 4.79 Å². The number of fused-ring (bicyclic) bond motifs is 2. The highest BCUT2D eigenvalue weighted by Gasteiger charge is 2.24. The molecule has 2 aromatic heterocycles. The van der Waals surface area contributed by atoms with Crippen LogP contribution in [0, 0.1) is 13.8 Å². The second kappa shape index (κ2) is 8.14. The highest BCUT2D eigenvalue weighted by atomic mass is 32.2. The summed E-state index contributed by atoms with van der Waals surface area (Å²) in [5.41, 5.74) is 4.91. The second-order valence-corrected chi connectivity index (χ2v) is 8.06. The molecule has 1 aliphatic rings. The summed E-state index contributed by atoms with van der Waals surface area (Å²) in [6.07, 6.45) is 3.01. The average molecular weight is 428 g/mol. The summed E-state index contributed by atoms with van der Waals surface area (Å²) in [4.78, 5) is 24.0. The Kier molecular flexibility index (Phi) is 5.55. The van der Waals surface area contributed by atoms with Crippen LogP contribution in [0.4, 0.5) is 0 Å². The van der Waals surface area contributed by atoms with Gasteiger partial charge in [0.15, 0.2) is 11.5 Å². The van der Waals surface area contributed by atoms with E-state index in [1.165, 1.54) is 17.3 Å². The van der Waals surface area contributed by atoms with Gasteiger partial charge in [-0.15, -0.1) is 5.10 Å². The Balaban J connectivity index is 1.58. The van der Waals surface area contributed by atoms with Crippen LogP contribution in [0.1, 0.15) is 28.1 Å². The van der Waals surface area contributed by atoms with Gasteiger partial charge in [0.05, 0.1) is 20.6 Å². The standard InChI is InChI=1S/C21H25N5O3S/c1-12-16(13(2)26-20(22-12)23-21(24-26)30-5)10-19(27)25-7-6-14-8-17(28-3)18(29-4)9-15(14)11-25/h8-9H,6-7,10-11H2,1-5H3. The molecule has 1 amide bonds. The molecule has 0 spiro atoms. The molecule has 3 heterocycles. The third-order valence-electron chi connectivity index (χ3n) is 5.61. The molecule has 158 valence electrons. The van der Waals surface area contributed by atoms with Crippen molar-refractivity contribution in [1.82, 2.24) is 24.5 Å². The Morgan fingerprint density at radius 1 is 1.13 bits per heavy atom. The minimum Gasteiger partial charge on any atom is -0.493 e. The van der Waals surface area contributed by atoms with Gasteiger partial charge in [0.25, 0.3) is 5.78 Å². The fourth-order valence-electron chi connectivity index (χ4n) is 3.89. The summed E-state index contributed by atoms with van der Waals surface area (Å²) in [7, 11) is 3.26. The number of carbonyl (C=O) groups is 1. The summed E-state index contributed by atoms with van der Waals surface area (Å²) >= 11 is 1.47. The Morgan fingerprint density at radius 2 is 1.83 bits per heavy atom.